The van der Waals surface area contributed by atoms with E-state index in [1.54, 1.807) is 11.0 Å². The lowest BCUT2D eigenvalue weighted by Crippen LogP contribution is -2.49. The summed E-state index contributed by atoms with van der Waals surface area (Å²) in [6.45, 7) is 4.01. The number of nitrogens with zero attached hydrogens (tertiary/aromatic N) is 3. The summed E-state index contributed by atoms with van der Waals surface area (Å²) in [6.07, 6.45) is -2.90. The molecule has 0 atom stereocenters. The second kappa shape index (κ2) is 10.3. The summed E-state index contributed by atoms with van der Waals surface area (Å²) in [7, 11) is -3.78. The van der Waals surface area contributed by atoms with E-state index in [9.17, 15) is 31.2 Å². The van der Waals surface area contributed by atoms with Crippen LogP contribution in [0.15, 0.2) is 58.2 Å². The van der Waals surface area contributed by atoms with E-state index in [1.807, 2.05) is 0 Å². The van der Waals surface area contributed by atoms with Crippen LogP contribution in [0.25, 0.3) is 10.9 Å². The number of carbonyl (C=O) groups is 1. The number of piperidine rings is 1. The number of amides is 1. The normalized spacial score (nSPS) is 18.1. The maximum absolute atomic E-state index is 13.5. The van der Waals surface area contributed by atoms with Crippen LogP contribution in [0.4, 0.5) is 18.9 Å². The standard InChI is InChI=1S/C27H29F3N4O4S/c1-18-7-9-34(10-8-18)39(37,38)21-5-6-24-22(16-21)23(17-25(35)31-24)26(36)33-13-11-32(12-14-33)20-4-2-3-19(15-20)27(28,29)30/h2-6,15-18H,7-14H2,1H3,(H,31,35). The van der Waals surface area contributed by atoms with Gasteiger partial charge >= 0.3 is 6.18 Å². The van der Waals surface area contributed by atoms with Gasteiger partial charge in [0.15, 0.2) is 0 Å². The molecule has 5 rings (SSSR count). The molecule has 12 heteroatoms. The minimum atomic E-state index is -4.45. The highest BCUT2D eigenvalue weighted by Crippen LogP contribution is 2.32. The first kappa shape index (κ1) is 27.2. The Morgan fingerprint density at radius 2 is 1.64 bits per heavy atom. The molecule has 208 valence electrons. The van der Waals surface area contributed by atoms with Crippen molar-refractivity contribution in [1.82, 2.24) is 14.2 Å². The average molecular weight is 563 g/mol. The van der Waals surface area contributed by atoms with Crippen LogP contribution in [-0.2, 0) is 16.2 Å². The first-order chi connectivity index (χ1) is 18.4. The largest absolute Gasteiger partial charge is 0.416 e. The van der Waals surface area contributed by atoms with Gasteiger partial charge in [-0.2, -0.15) is 17.5 Å². The maximum Gasteiger partial charge on any atom is 0.416 e. The van der Waals surface area contributed by atoms with Gasteiger partial charge in [0, 0.05) is 61.9 Å². The van der Waals surface area contributed by atoms with Gasteiger partial charge in [-0.25, -0.2) is 8.42 Å². The fourth-order valence-corrected chi connectivity index (χ4v) is 6.66. The van der Waals surface area contributed by atoms with Crippen molar-refractivity contribution in [2.45, 2.75) is 30.8 Å². The van der Waals surface area contributed by atoms with Crippen LogP contribution < -0.4 is 10.5 Å². The van der Waals surface area contributed by atoms with Gasteiger partial charge in [0.1, 0.15) is 0 Å². The summed E-state index contributed by atoms with van der Waals surface area (Å²) in [5.41, 5.74) is -0.377. The lowest BCUT2D eigenvalue weighted by molar-refractivity contribution is -0.137. The highest BCUT2D eigenvalue weighted by Gasteiger charge is 2.32. The SMILES string of the molecule is CC1CCN(S(=O)(=O)c2ccc3[nH]c(=O)cc(C(=O)N4CCN(c5cccc(C(F)(F)F)c5)CC4)c3c2)CC1. The Morgan fingerprint density at radius 3 is 2.31 bits per heavy atom. The summed E-state index contributed by atoms with van der Waals surface area (Å²) < 4.78 is 67.5. The summed E-state index contributed by atoms with van der Waals surface area (Å²) in [5, 5.41) is 0.325. The van der Waals surface area contributed by atoms with Crippen molar-refractivity contribution in [2.24, 2.45) is 5.92 Å². The van der Waals surface area contributed by atoms with Gasteiger partial charge in [-0.3, -0.25) is 9.59 Å². The van der Waals surface area contributed by atoms with Gasteiger partial charge in [-0.15, -0.1) is 0 Å². The highest BCUT2D eigenvalue weighted by atomic mass is 32.2. The Morgan fingerprint density at radius 1 is 0.949 bits per heavy atom. The first-order valence-electron chi connectivity index (χ1n) is 12.8. The lowest BCUT2D eigenvalue weighted by Gasteiger charge is -2.36. The van der Waals surface area contributed by atoms with Crippen LogP contribution in [0, 0.1) is 5.92 Å². The number of nitrogens with one attached hydrogen (secondary N) is 1. The summed E-state index contributed by atoms with van der Waals surface area (Å²) in [5.74, 6) is 0.0209. The van der Waals surface area contributed by atoms with E-state index in [1.165, 1.54) is 39.5 Å². The third-order valence-corrected chi connectivity index (χ3v) is 9.43. The van der Waals surface area contributed by atoms with E-state index in [0.29, 0.717) is 48.7 Å². The molecule has 0 unspecified atom stereocenters. The molecule has 1 amide bonds. The number of anilines is 1. The molecule has 39 heavy (non-hydrogen) atoms. The van der Waals surface area contributed by atoms with Gasteiger partial charge < -0.3 is 14.8 Å². The summed E-state index contributed by atoms with van der Waals surface area (Å²) in [4.78, 5) is 31.9. The van der Waals surface area contributed by atoms with Crippen LogP contribution in [0.1, 0.15) is 35.7 Å². The predicted octanol–water partition coefficient (Wildman–Crippen LogP) is 3.93. The van der Waals surface area contributed by atoms with Crippen molar-refractivity contribution in [2.75, 3.05) is 44.2 Å². The zero-order chi connectivity index (χ0) is 27.9. The maximum atomic E-state index is 13.5. The van der Waals surface area contributed by atoms with Crippen molar-refractivity contribution < 1.29 is 26.4 Å². The molecule has 2 aromatic carbocycles. The molecule has 0 saturated carbocycles. The number of rotatable bonds is 4. The monoisotopic (exact) mass is 562 g/mol. The highest BCUT2D eigenvalue weighted by molar-refractivity contribution is 7.89. The second-order valence-electron chi connectivity index (χ2n) is 10.2. The van der Waals surface area contributed by atoms with Gasteiger partial charge in [-0.1, -0.05) is 13.0 Å². The molecule has 3 aromatic rings. The number of hydrogen-bond acceptors (Lipinski definition) is 5. The van der Waals surface area contributed by atoms with E-state index in [2.05, 4.69) is 11.9 Å². The summed E-state index contributed by atoms with van der Waals surface area (Å²) in [6, 6.07) is 10.6. The molecule has 0 radical (unpaired) electrons. The Balaban J connectivity index is 1.39. The van der Waals surface area contributed by atoms with Gasteiger partial charge in [0.05, 0.1) is 16.0 Å². The van der Waals surface area contributed by atoms with Crippen molar-refractivity contribution in [3.63, 3.8) is 0 Å². The predicted molar refractivity (Wildman–Crippen MR) is 141 cm³/mol. The molecule has 2 saturated heterocycles. The van der Waals surface area contributed by atoms with E-state index in [4.69, 9.17) is 0 Å². The molecular weight excluding hydrogens is 533 g/mol. The quantitative estimate of drug-likeness (QED) is 0.520. The number of H-pyrrole nitrogens is 1. The molecule has 1 aromatic heterocycles. The number of hydrogen-bond donors (Lipinski definition) is 1. The molecular formula is C27H29F3N4O4S. The molecule has 2 fully saturated rings. The topological polar surface area (TPSA) is 93.8 Å². The van der Waals surface area contributed by atoms with Crippen LogP contribution in [0.5, 0.6) is 0 Å². The molecule has 0 aliphatic carbocycles. The third-order valence-electron chi connectivity index (χ3n) is 7.53. The molecule has 0 spiro atoms. The van der Waals surface area contributed by atoms with Crippen molar-refractivity contribution >= 4 is 32.5 Å². The fraction of sp³-hybridized carbons (Fsp3) is 0.407. The minimum Gasteiger partial charge on any atom is -0.368 e. The number of alkyl halides is 3. The fourth-order valence-electron chi connectivity index (χ4n) is 5.16. The van der Waals surface area contributed by atoms with Gasteiger partial charge in [-0.05, 0) is 55.2 Å². The Bertz CT molecular complexity index is 1560. The van der Waals surface area contributed by atoms with Crippen LogP contribution in [-0.4, -0.2) is 67.8 Å². The van der Waals surface area contributed by atoms with E-state index >= 15 is 0 Å². The number of piperazine rings is 1. The number of sulfonamides is 1. The molecule has 2 aliphatic heterocycles. The van der Waals surface area contributed by atoms with Crippen molar-refractivity contribution in [1.29, 1.82) is 0 Å². The number of halogens is 3. The molecule has 1 N–H and O–H groups in total. The molecule has 8 nitrogen and oxygen atoms in total. The lowest BCUT2D eigenvalue weighted by atomic mass is 10.0. The third kappa shape index (κ3) is 5.53. The number of aromatic nitrogens is 1. The number of carbonyl (C=O) groups excluding carboxylic acids is 1. The number of pyridine rings is 1. The van der Waals surface area contributed by atoms with Crippen molar-refractivity contribution in [3.05, 3.63) is 70.0 Å². The Labute approximate surface area is 224 Å². The van der Waals surface area contributed by atoms with Crippen molar-refractivity contribution in [3.8, 4) is 0 Å². The Kier molecular flexibility index (Phi) is 7.19. The van der Waals surface area contributed by atoms with Gasteiger partial charge in [0.2, 0.25) is 15.6 Å². The second-order valence-corrected chi connectivity index (χ2v) is 12.1. The zero-order valence-electron chi connectivity index (χ0n) is 21.4. The van der Waals surface area contributed by atoms with E-state index < -0.39 is 33.2 Å². The zero-order valence-corrected chi connectivity index (χ0v) is 22.2. The number of fused-ring (bicyclic) bond motifs is 1. The first-order valence-corrected chi connectivity index (χ1v) is 14.3. The van der Waals surface area contributed by atoms with E-state index in [-0.39, 0.29) is 23.5 Å². The molecule has 3 heterocycles. The van der Waals surface area contributed by atoms with Crippen LogP contribution in [0.3, 0.4) is 0 Å². The summed E-state index contributed by atoms with van der Waals surface area (Å²) >= 11 is 0. The van der Waals surface area contributed by atoms with Gasteiger partial charge in [0.25, 0.3) is 5.91 Å². The smallest absolute Gasteiger partial charge is 0.368 e. The molecule has 2 aliphatic rings. The van der Waals surface area contributed by atoms with Crippen LogP contribution in [0.2, 0.25) is 0 Å². The number of aromatic amines is 1. The number of benzene rings is 2. The average Bonchev–Trinajstić information content (AvgIpc) is 2.92. The van der Waals surface area contributed by atoms with E-state index in [0.717, 1.165) is 25.0 Å². The Hall–Kier alpha value is -3.38. The van der Waals surface area contributed by atoms with Crippen LogP contribution >= 0.6 is 0 Å². The minimum absolute atomic E-state index is 0.0556. The molecule has 0 bridgehead atoms.